The Hall–Kier alpha value is -2.00. The molecule has 0 aromatic carbocycles. The fraction of sp³-hybridized carbons (Fsp3) is 0.692. The molecule has 0 aliphatic carbocycles. The molecular weight excluding hydrogens is 434 g/mol. The molecule has 0 bridgehead atoms. The van der Waals surface area contributed by atoms with E-state index in [1.807, 2.05) is 13.8 Å². The van der Waals surface area contributed by atoms with Gasteiger partial charge in [0.2, 0.25) is 11.8 Å². The summed E-state index contributed by atoms with van der Waals surface area (Å²) >= 11 is 0. The van der Waals surface area contributed by atoms with Crippen LogP contribution >= 0.6 is 0 Å². The number of hydrogen-bond donors (Lipinski definition) is 3. The summed E-state index contributed by atoms with van der Waals surface area (Å²) < 4.78 is 18.0. The van der Waals surface area contributed by atoms with E-state index in [2.05, 4.69) is 37.4 Å². The van der Waals surface area contributed by atoms with E-state index in [4.69, 9.17) is 25.7 Å². The molecule has 5 N–H and O–H groups in total. The van der Waals surface area contributed by atoms with Crippen LogP contribution in [0.4, 0.5) is 0 Å². The molecule has 0 unspecified atom stereocenters. The molecular formula is C26H41N3O5. The molecule has 3 fully saturated rings. The number of carbonyl (C=O) groups excluding carboxylic acids is 2. The second-order valence-electron chi connectivity index (χ2n) is 10.3. The van der Waals surface area contributed by atoms with Gasteiger partial charge in [-0.25, -0.2) is 0 Å². The summed E-state index contributed by atoms with van der Waals surface area (Å²) in [6.45, 7) is 8.79. The Kier molecular flexibility index (Phi) is 9.09. The fourth-order valence-electron chi connectivity index (χ4n) is 4.82. The molecule has 8 atom stereocenters. The van der Waals surface area contributed by atoms with Gasteiger partial charge in [0.05, 0.1) is 49.1 Å². The van der Waals surface area contributed by atoms with E-state index in [0.717, 1.165) is 37.9 Å². The van der Waals surface area contributed by atoms with Crippen LogP contribution in [0.2, 0.25) is 0 Å². The summed E-state index contributed by atoms with van der Waals surface area (Å²) in [4.78, 5) is 23.4. The second kappa shape index (κ2) is 11.6. The van der Waals surface area contributed by atoms with E-state index in [1.54, 1.807) is 6.08 Å². The van der Waals surface area contributed by atoms with E-state index in [-0.39, 0.29) is 60.3 Å². The standard InChI is InChI=1S/C26H41N3O5/c1-16(5-8-20-13-26(15-32-26)14-21(34-20)12-24(28)30)6-9-23-17(2)11-22(19(4)33-23)29-25(31)10-7-18(3)27/h5-8,10,17-23H,9,11-15,27H2,1-4H3,(H2,28,30)(H,29,31)/b8-5+,10-7-,16-6+/t17-,18+,19+,20+,21+,22+,23-,26+/m0/s1. The highest BCUT2D eigenvalue weighted by atomic mass is 16.6. The van der Waals surface area contributed by atoms with Crippen molar-refractivity contribution in [2.45, 2.75) is 102 Å². The molecule has 0 radical (unpaired) electrons. The summed E-state index contributed by atoms with van der Waals surface area (Å²) in [6.07, 6.45) is 12.7. The molecule has 8 heteroatoms. The van der Waals surface area contributed by atoms with Gasteiger partial charge in [0.25, 0.3) is 0 Å². The van der Waals surface area contributed by atoms with Crippen molar-refractivity contribution in [1.82, 2.24) is 5.32 Å². The SMILES string of the molecule is CC(/C=C/[C@@H]1C[C@]2(CO2)C[C@@H](CC(N)=O)O1)=C\C[C@@H]1O[C@H](C)[C@H](NC(=O)/C=C\[C@@H](C)N)C[C@@H]1C. The molecule has 34 heavy (non-hydrogen) atoms. The lowest BCUT2D eigenvalue weighted by Crippen LogP contribution is -2.50. The highest BCUT2D eigenvalue weighted by Gasteiger charge is 2.51. The zero-order chi connectivity index (χ0) is 24.9. The third-order valence-electron chi connectivity index (χ3n) is 6.86. The minimum Gasteiger partial charge on any atom is -0.373 e. The normalized spacial score (nSPS) is 37.3. The Bertz CT molecular complexity index is 817. The van der Waals surface area contributed by atoms with Gasteiger partial charge in [0, 0.05) is 25.0 Å². The number of ether oxygens (including phenoxy) is 3. The molecule has 0 saturated carbocycles. The van der Waals surface area contributed by atoms with Gasteiger partial charge < -0.3 is 31.0 Å². The largest absolute Gasteiger partial charge is 0.373 e. The maximum Gasteiger partial charge on any atom is 0.244 e. The fourth-order valence-corrected chi connectivity index (χ4v) is 4.82. The van der Waals surface area contributed by atoms with Gasteiger partial charge in [-0.1, -0.05) is 36.8 Å². The third kappa shape index (κ3) is 8.05. The molecule has 3 heterocycles. The highest BCUT2D eigenvalue weighted by molar-refractivity contribution is 5.87. The quantitative estimate of drug-likeness (QED) is 0.267. The third-order valence-corrected chi connectivity index (χ3v) is 6.86. The summed E-state index contributed by atoms with van der Waals surface area (Å²) in [5.74, 6) is -0.165. The molecule has 3 rings (SSSR count). The summed E-state index contributed by atoms with van der Waals surface area (Å²) in [5, 5.41) is 3.04. The lowest BCUT2D eigenvalue weighted by Gasteiger charge is -2.39. The molecule has 3 aliphatic rings. The van der Waals surface area contributed by atoms with Crippen molar-refractivity contribution in [3.8, 4) is 0 Å². The van der Waals surface area contributed by atoms with Crippen molar-refractivity contribution >= 4 is 11.8 Å². The van der Waals surface area contributed by atoms with Crippen LogP contribution in [0.15, 0.2) is 36.0 Å². The van der Waals surface area contributed by atoms with Crippen LogP contribution in [-0.4, -0.2) is 60.5 Å². The predicted molar refractivity (Wildman–Crippen MR) is 131 cm³/mol. The van der Waals surface area contributed by atoms with Crippen molar-refractivity contribution in [1.29, 1.82) is 0 Å². The highest BCUT2D eigenvalue weighted by Crippen LogP contribution is 2.43. The summed E-state index contributed by atoms with van der Waals surface area (Å²) in [5.41, 5.74) is 12.0. The number of amides is 2. The number of nitrogens with two attached hydrogens (primary N) is 2. The summed E-state index contributed by atoms with van der Waals surface area (Å²) in [6, 6.07) is -0.169. The van der Waals surface area contributed by atoms with Gasteiger partial charge in [0.15, 0.2) is 0 Å². The minimum atomic E-state index is -0.347. The topological polar surface area (TPSA) is 129 Å². The van der Waals surface area contributed by atoms with Gasteiger partial charge in [-0.3, -0.25) is 9.59 Å². The van der Waals surface area contributed by atoms with Crippen molar-refractivity contribution in [3.05, 3.63) is 36.0 Å². The van der Waals surface area contributed by atoms with E-state index >= 15 is 0 Å². The average molecular weight is 476 g/mol. The van der Waals surface area contributed by atoms with Gasteiger partial charge in [-0.2, -0.15) is 0 Å². The average Bonchev–Trinajstić information content (AvgIpc) is 3.49. The Labute approximate surface area is 203 Å². The van der Waals surface area contributed by atoms with E-state index in [9.17, 15) is 9.59 Å². The number of hydrogen-bond acceptors (Lipinski definition) is 6. The van der Waals surface area contributed by atoms with Crippen LogP contribution in [-0.2, 0) is 23.8 Å². The molecule has 190 valence electrons. The molecule has 8 nitrogen and oxygen atoms in total. The maximum atomic E-state index is 12.1. The zero-order valence-electron chi connectivity index (χ0n) is 20.9. The minimum absolute atomic E-state index is 0.0183. The molecule has 0 aromatic rings. The van der Waals surface area contributed by atoms with Crippen molar-refractivity contribution in [2.24, 2.45) is 17.4 Å². The monoisotopic (exact) mass is 475 g/mol. The second-order valence-corrected chi connectivity index (χ2v) is 10.3. The molecule has 1 spiro atoms. The van der Waals surface area contributed by atoms with Crippen molar-refractivity contribution in [3.63, 3.8) is 0 Å². The van der Waals surface area contributed by atoms with Crippen LogP contribution in [0.1, 0.15) is 59.8 Å². The number of primary amides is 1. The number of rotatable bonds is 9. The first-order chi connectivity index (χ1) is 16.0. The zero-order valence-corrected chi connectivity index (χ0v) is 20.9. The van der Waals surface area contributed by atoms with Crippen LogP contribution in [0.3, 0.4) is 0 Å². The van der Waals surface area contributed by atoms with Crippen LogP contribution in [0.5, 0.6) is 0 Å². The molecule has 2 amide bonds. The first-order valence-electron chi connectivity index (χ1n) is 12.4. The van der Waals surface area contributed by atoms with Crippen molar-refractivity contribution in [2.75, 3.05) is 6.61 Å². The smallest absolute Gasteiger partial charge is 0.244 e. The van der Waals surface area contributed by atoms with Gasteiger partial charge >= 0.3 is 0 Å². The number of allylic oxidation sites excluding steroid dienone is 2. The Balaban J connectivity index is 1.49. The van der Waals surface area contributed by atoms with Gasteiger partial charge in [0.1, 0.15) is 0 Å². The molecule has 0 aromatic heterocycles. The van der Waals surface area contributed by atoms with E-state index in [0.29, 0.717) is 5.92 Å². The molecule has 3 saturated heterocycles. The van der Waals surface area contributed by atoms with Gasteiger partial charge in [-0.15, -0.1) is 0 Å². The molecule has 3 aliphatic heterocycles. The first kappa shape index (κ1) is 26.6. The number of nitrogens with one attached hydrogen (secondary N) is 1. The van der Waals surface area contributed by atoms with Crippen molar-refractivity contribution < 1.29 is 23.8 Å². The van der Waals surface area contributed by atoms with Crippen LogP contribution in [0.25, 0.3) is 0 Å². The Morgan fingerprint density at radius 1 is 1.21 bits per heavy atom. The first-order valence-corrected chi connectivity index (χ1v) is 12.4. The predicted octanol–water partition coefficient (Wildman–Crippen LogP) is 2.27. The Morgan fingerprint density at radius 3 is 2.59 bits per heavy atom. The lowest BCUT2D eigenvalue weighted by atomic mass is 9.88. The Morgan fingerprint density at radius 2 is 1.94 bits per heavy atom. The maximum absolute atomic E-state index is 12.1. The van der Waals surface area contributed by atoms with E-state index in [1.165, 1.54) is 6.08 Å². The van der Waals surface area contributed by atoms with E-state index < -0.39 is 0 Å². The van der Waals surface area contributed by atoms with Crippen LogP contribution in [0, 0.1) is 5.92 Å². The lowest BCUT2D eigenvalue weighted by molar-refractivity contribution is -0.125. The number of epoxide rings is 1. The van der Waals surface area contributed by atoms with Crippen LogP contribution < -0.4 is 16.8 Å². The summed E-state index contributed by atoms with van der Waals surface area (Å²) in [7, 11) is 0. The number of carbonyl (C=O) groups is 2. The van der Waals surface area contributed by atoms with Gasteiger partial charge in [-0.05, 0) is 39.5 Å².